The summed E-state index contributed by atoms with van der Waals surface area (Å²) in [6.07, 6.45) is 5.70. The van der Waals surface area contributed by atoms with Crippen LogP contribution in [0, 0.1) is 23.2 Å². The van der Waals surface area contributed by atoms with Crippen molar-refractivity contribution in [1.82, 2.24) is 5.16 Å². The Hall–Kier alpha value is -2.36. The number of fused-ring (bicyclic) bond motifs is 2. The van der Waals surface area contributed by atoms with Crippen LogP contribution in [-0.2, 0) is 22.4 Å². The molecule has 7 heteroatoms. The Morgan fingerprint density at radius 3 is 2.37 bits per heavy atom. The van der Waals surface area contributed by atoms with Crippen molar-refractivity contribution < 1.29 is 14.4 Å². The molecule has 198 valence electrons. The summed E-state index contributed by atoms with van der Waals surface area (Å²) < 4.78 is 12.4. The Morgan fingerprint density at radius 2 is 1.74 bits per heavy atom. The predicted molar refractivity (Wildman–Crippen MR) is 147 cm³/mol. The lowest BCUT2D eigenvalue weighted by Gasteiger charge is -2.43. The molecule has 3 aliphatic rings. The molecule has 5 nitrogen and oxygen atoms in total. The third-order valence-corrected chi connectivity index (χ3v) is 9.59. The molecule has 6 rings (SSSR count). The summed E-state index contributed by atoms with van der Waals surface area (Å²) in [4.78, 5) is 0. The number of nitriles is 1. The second-order valence-electron chi connectivity index (χ2n) is 11.8. The van der Waals surface area contributed by atoms with Gasteiger partial charge in [-0.15, -0.1) is 0 Å². The fourth-order valence-electron chi connectivity index (χ4n) is 6.58. The van der Waals surface area contributed by atoms with E-state index in [4.69, 9.17) is 32.5 Å². The first-order chi connectivity index (χ1) is 18.2. The molecule has 3 aromatic rings. The number of aromatic nitrogens is 1. The van der Waals surface area contributed by atoms with E-state index in [1.165, 1.54) is 0 Å². The number of rotatable bonds is 7. The number of nitrogens with zero attached hydrogens (tertiary/aromatic N) is 2. The number of aliphatic hydroxyl groups is 1. The molecule has 1 N–H and O–H groups in total. The van der Waals surface area contributed by atoms with E-state index in [1.807, 2.05) is 56.3 Å². The molecule has 3 aliphatic carbocycles. The van der Waals surface area contributed by atoms with Crippen LogP contribution in [0.25, 0.3) is 11.3 Å². The van der Waals surface area contributed by atoms with E-state index < -0.39 is 11.0 Å². The maximum atomic E-state index is 12.1. The highest BCUT2D eigenvalue weighted by Gasteiger charge is 2.54. The first-order valence-corrected chi connectivity index (χ1v) is 14.3. The van der Waals surface area contributed by atoms with Crippen molar-refractivity contribution in [3.8, 4) is 17.3 Å². The monoisotopic (exact) mass is 550 g/mol. The van der Waals surface area contributed by atoms with Gasteiger partial charge in [-0.2, -0.15) is 5.26 Å². The van der Waals surface area contributed by atoms with Gasteiger partial charge in [-0.1, -0.05) is 58.7 Å². The summed E-state index contributed by atoms with van der Waals surface area (Å²) in [6.45, 7) is 4.21. The van der Waals surface area contributed by atoms with Gasteiger partial charge in [0.2, 0.25) is 0 Å². The lowest BCUT2D eigenvalue weighted by atomic mass is 9.69. The van der Waals surface area contributed by atoms with Gasteiger partial charge in [0.1, 0.15) is 11.5 Å². The number of hydrogen-bond acceptors (Lipinski definition) is 5. The smallest absolute Gasteiger partial charge is 0.145 e. The van der Waals surface area contributed by atoms with Crippen molar-refractivity contribution in [3.63, 3.8) is 0 Å². The van der Waals surface area contributed by atoms with E-state index >= 15 is 0 Å². The molecule has 2 aromatic carbocycles. The molecule has 4 atom stereocenters. The highest BCUT2D eigenvalue weighted by atomic mass is 35.5. The molecule has 0 radical (unpaired) electrons. The minimum atomic E-state index is -0.895. The Balaban J connectivity index is 1.23. The molecule has 0 saturated heterocycles. The summed E-state index contributed by atoms with van der Waals surface area (Å²) >= 11 is 13.0. The maximum Gasteiger partial charge on any atom is 0.145 e. The number of hydrogen-bond donors (Lipinski definition) is 1. The van der Waals surface area contributed by atoms with Crippen LogP contribution in [0.1, 0.15) is 80.7 Å². The van der Waals surface area contributed by atoms with E-state index in [1.54, 1.807) is 0 Å². The van der Waals surface area contributed by atoms with Crippen LogP contribution in [0.2, 0.25) is 10.0 Å². The van der Waals surface area contributed by atoms with E-state index in [-0.39, 0.29) is 17.9 Å². The standard InChI is InChI=1S/C31H32Cl2N2O3/c1-30(2,17-34)19-5-3-6-20(13-19)31(36)21-11-12-22(31)15-23(14-21)37-16-24-28(35-38-29(24)18-9-10-18)27-25(32)7-4-8-26(27)33/h3-8,13,18,21-23,36H,9-12,14-16H2,1-2H3/t21-,22+,23?,31?. The fourth-order valence-corrected chi connectivity index (χ4v) is 7.16. The molecule has 3 saturated carbocycles. The van der Waals surface area contributed by atoms with Crippen molar-refractivity contribution in [2.45, 2.75) is 82.0 Å². The molecule has 2 bridgehead atoms. The van der Waals surface area contributed by atoms with Crippen molar-refractivity contribution in [1.29, 1.82) is 5.26 Å². The van der Waals surface area contributed by atoms with E-state index in [0.29, 0.717) is 33.8 Å². The largest absolute Gasteiger partial charge is 0.385 e. The lowest BCUT2D eigenvalue weighted by molar-refractivity contribution is -0.116. The van der Waals surface area contributed by atoms with Crippen LogP contribution in [0.3, 0.4) is 0 Å². The van der Waals surface area contributed by atoms with Crippen LogP contribution in [0.15, 0.2) is 47.0 Å². The summed E-state index contributed by atoms with van der Waals surface area (Å²) in [5.74, 6) is 1.46. The zero-order chi connectivity index (χ0) is 26.7. The van der Waals surface area contributed by atoms with Gasteiger partial charge in [-0.05, 0) is 87.5 Å². The zero-order valence-electron chi connectivity index (χ0n) is 21.7. The van der Waals surface area contributed by atoms with Crippen LogP contribution in [0.5, 0.6) is 0 Å². The Bertz CT molecular complexity index is 1370. The molecule has 2 unspecified atom stereocenters. The van der Waals surface area contributed by atoms with Crippen molar-refractivity contribution in [3.05, 3.63) is 75.0 Å². The van der Waals surface area contributed by atoms with Gasteiger partial charge in [0, 0.05) is 17.0 Å². The topological polar surface area (TPSA) is 79.3 Å². The van der Waals surface area contributed by atoms with Crippen molar-refractivity contribution in [2.24, 2.45) is 11.8 Å². The van der Waals surface area contributed by atoms with Gasteiger partial charge in [0.15, 0.2) is 0 Å². The van der Waals surface area contributed by atoms with Crippen LogP contribution >= 0.6 is 23.2 Å². The average molecular weight is 552 g/mol. The second-order valence-corrected chi connectivity index (χ2v) is 12.6. The Labute approximate surface area is 233 Å². The highest BCUT2D eigenvalue weighted by Crippen LogP contribution is 2.56. The third-order valence-electron chi connectivity index (χ3n) is 8.96. The SMILES string of the molecule is CC(C)(C#N)c1cccc(C2(O)[C@@H]3CC[C@H]2CC(OCc2c(-c4c(Cl)cccc4Cl)noc2C2CC2)C3)c1. The minimum absolute atomic E-state index is 0.0306. The summed E-state index contributed by atoms with van der Waals surface area (Å²) in [6, 6.07) is 15.8. The molecule has 1 aromatic heterocycles. The van der Waals surface area contributed by atoms with E-state index in [0.717, 1.165) is 61.0 Å². The zero-order valence-corrected chi connectivity index (χ0v) is 23.2. The minimum Gasteiger partial charge on any atom is -0.385 e. The molecule has 3 fully saturated rings. The second kappa shape index (κ2) is 9.68. The third kappa shape index (κ3) is 4.36. The quantitative estimate of drug-likeness (QED) is 0.323. The molecule has 1 heterocycles. The summed E-state index contributed by atoms with van der Waals surface area (Å²) in [5, 5.41) is 27.2. The Kier molecular flexibility index (Phi) is 6.60. The lowest BCUT2D eigenvalue weighted by Crippen LogP contribution is -2.44. The molecule has 0 spiro atoms. The van der Waals surface area contributed by atoms with Gasteiger partial charge in [0.05, 0.1) is 39.8 Å². The fraction of sp³-hybridized carbons (Fsp3) is 0.484. The molecule has 0 amide bonds. The molecule has 38 heavy (non-hydrogen) atoms. The Morgan fingerprint density at radius 1 is 1.08 bits per heavy atom. The average Bonchev–Trinajstić information content (AvgIpc) is 3.65. The first kappa shape index (κ1) is 25.9. The normalized spacial score (nSPS) is 26.9. The summed E-state index contributed by atoms with van der Waals surface area (Å²) in [5.41, 5.74) is 2.64. The van der Waals surface area contributed by atoms with Gasteiger partial charge in [-0.25, -0.2) is 0 Å². The predicted octanol–water partition coefficient (Wildman–Crippen LogP) is 7.92. The van der Waals surface area contributed by atoms with Crippen LogP contribution < -0.4 is 0 Å². The number of ether oxygens (including phenoxy) is 1. The van der Waals surface area contributed by atoms with Crippen LogP contribution in [-0.4, -0.2) is 16.4 Å². The van der Waals surface area contributed by atoms with E-state index in [2.05, 4.69) is 11.2 Å². The maximum absolute atomic E-state index is 12.1. The summed E-state index contributed by atoms with van der Waals surface area (Å²) in [7, 11) is 0. The van der Waals surface area contributed by atoms with Gasteiger partial charge in [0.25, 0.3) is 0 Å². The van der Waals surface area contributed by atoms with E-state index in [9.17, 15) is 10.4 Å². The van der Waals surface area contributed by atoms with Gasteiger partial charge in [-0.3, -0.25) is 0 Å². The van der Waals surface area contributed by atoms with Crippen molar-refractivity contribution in [2.75, 3.05) is 0 Å². The first-order valence-electron chi connectivity index (χ1n) is 13.5. The number of benzene rings is 2. The molecule has 0 aliphatic heterocycles. The van der Waals surface area contributed by atoms with Gasteiger partial charge >= 0.3 is 0 Å². The van der Waals surface area contributed by atoms with Crippen molar-refractivity contribution >= 4 is 23.2 Å². The van der Waals surface area contributed by atoms with Crippen LogP contribution in [0.4, 0.5) is 0 Å². The number of halogens is 2. The molecular weight excluding hydrogens is 519 g/mol. The highest BCUT2D eigenvalue weighted by molar-refractivity contribution is 6.39. The van der Waals surface area contributed by atoms with Gasteiger partial charge < -0.3 is 14.4 Å². The molecular formula is C31H32Cl2N2O3.